The smallest absolute Gasteiger partial charge is 0.411 e. The molecule has 3 rings (SSSR count). The number of aliphatic hydroxyl groups is 1. The summed E-state index contributed by atoms with van der Waals surface area (Å²) in [6.45, 7) is 9.38. The number of amides is 1. The Morgan fingerprint density at radius 3 is 2.47 bits per heavy atom. The van der Waals surface area contributed by atoms with Crippen LogP contribution in [-0.4, -0.2) is 66.0 Å². The van der Waals surface area contributed by atoms with Crippen LogP contribution in [0.1, 0.15) is 40.2 Å². The van der Waals surface area contributed by atoms with Crippen LogP contribution in [0.15, 0.2) is 42.5 Å². The first-order valence-corrected chi connectivity index (χ1v) is 12.7. The standard InChI is InChI=1S/C24H34N2O5S/c1-23(2,3)31-22(28)26-16-32(29,30)15-20(26)21(27)14-25-24(4,5)13-17-10-11-18-8-6-7-9-19(18)12-17/h6-12,20-21,25,27H,13-16H2,1-5H3. The summed E-state index contributed by atoms with van der Waals surface area (Å²) in [4.78, 5) is 13.6. The van der Waals surface area contributed by atoms with Gasteiger partial charge in [0.2, 0.25) is 0 Å². The Kier molecular flexibility index (Phi) is 6.88. The molecule has 7 nitrogen and oxygen atoms in total. The van der Waals surface area contributed by atoms with Crippen molar-refractivity contribution in [1.82, 2.24) is 10.2 Å². The van der Waals surface area contributed by atoms with E-state index in [1.165, 1.54) is 10.8 Å². The number of fused-ring (bicyclic) bond motifs is 1. The highest BCUT2D eigenvalue weighted by Crippen LogP contribution is 2.23. The molecule has 176 valence electrons. The van der Waals surface area contributed by atoms with Crippen molar-refractivity contribution in [1.29, 1.82) is 0 Å². The van der Waals surface area contributed by atoms with Crippen molar-refractivity contribution in [2.75, 3.05) is 18.2 Å². The van der Waals surface area contributed by atoms with Crippen LogP contribution in [0.4, 0.5) is 4.79 Å². The number of benzene rings is 2. The Balaban J connectivity index is 1.65. The van der Waals surface area contributed by atoms with E-state index in [0.717, 1.165) is 16.9 Å². The number of hydrogen-bond donors (Lipinski definition) is 2. The Morgan fingerprint density at radius 1 is 1.16 bits per heavy atom. The van der Waals surface area contributed by atoms with Crippen molar-refractivity contribution in [3.63, 3.8) is 0 Å². The summed E-state index contributed by atoms with van der Waals surface area (Å²) in [7, 11) is -3.48. The molecule has 2 N–H and O–H groups in total. The summed E-state index contributed by atoms with van der Waals surface area (Å²) in [5.74, 6) is -0.718. The maximum Gasteiger partial charge on any atom is 0.411 e. The molecule has 0 aromatic heterocycles. The highest BCUT2D eigenvalue weighted by Gasteiger charge is 2.44. The number of hydrogen-bond acceptors (Lipinski definition) is 6. The maximum atomic E-state index is 12.5. The van der Waals surface area contributed by atoms with E-state index in [4.69, 9.17) is 4.74 Å². The van der Waals surface area contributed by atoms with Crippen LogP contribution in [-0.2, 0) is 21.0 Å². The molecule has 1 aliphatic rings. The van der Waals surface area contributed by atoms with E-state index in [-0.39, 0.29) is 17.8 Å². The van der Waals surface area contributed by atoms with E-state index >= 15 is 0 Å². The lowest BCUT2D eigenvalue weighted by atomic mass is 9.93. The summed E-state index contributed by atoms with van der Waals surface area (Å²) < 4.78 is 29.7. The molecule has 2 aromatic rings. The number of nitrogens with one attached hydrogen (secondary N) is 1. The first-order valence-electron chi connectivity index (χ1n) is 10.9. The molecule has 1 fully saturated rings. The predicted octanol–water partition coefficient (Wildman–Crippen LogP) is 3.10. The zero-order chi connectivity index (χ0) is 23.7. The average molecular weight is 463 g/mol. The number of sulfone groups is 1. The van der Waals surface area contributed by atoms with Gasteiger partial charge in [0.1, 0.15) is 11.5 Å². The molecular weight excluding hydrogens is 428 g/mol. The Labute approximate surface area is 190 Å². The van der Waals surface area contributed by atoms with Crippen molar-refractivity contribution in [2.45, 2.75) is 64.3 Å². The molecule has 2 atom stereocenters. The van der Waals surface area contributed by atoms with Gasteiger partial charge in [-0.1, -0.05) is 42.5 Å². The molecule has 0 saturated carbocycles. The van der Waals surface area contributed by atoms with E-state index in [9.17, 15) is 18.3 Å². The van der Waals surface area contributed by atoms with Crippen LogP contribution in [0.3, 0.4) is 0 Å². The fourth-order valence-electron chi connectivity index (χ4n) is 3.98. The quantitative estimate of drug-likeness (QED) is 0.685. The van der Waals surface area contributed by atoms with Crippen molar-refractivity contribution in [3.8, 4) is 0 Å². The number of carbonyl (C=O) groups excluding carboxylic acids is 1. The molecule has 0 spiro atoms. The highest BCUT2D eigenvalue weighted by atomic mass is 32.2. The van der Waals surface area contributed by atoms with Gasteiger partial charge in [0.25, 0.3) is 0 Å². The van der Waals surface area contributed by atoms with Gasteiger partial charge in [-0.15, -0.1) is 0 Å². The van der Waals surface area contributed by atoms with Gasteiger partial charge in [0, 0.05) is 12.1 Å². The van der Waals surface area contributed by atoms with Crippen molar-refractivity contribution < 1.29 is 23.1 Å². The van der Waals surface area contributed by atoms with Crippen LogP contribution >= 0.6 is 0 Å². The van der Waals surface area contributed by atoms with Crippen LogP contribution in [0.5, 0.6) is 0 Å². The molecule has 32 heavy (non-hydrogen) atoms. The summed E-state index contributed by atoms with van der Waals surface area (Å²) in [5, 5.41) is 16.5. The van der Waals surface area contributed by atoms with Gasteiger partial charge in [0.05, 0.1) is 17.9 Å². The minimum absolute atomic E-state index is 0.153. The molecule has 8 heteroatoms. The molecule has 1 amide bonds. The lowest BCUT2D eigenvalue weighted by Gasteiger charge is -2.32. The minimum Gasteiger partial charge on any atom is -0.444 e. The monoisotopic (exact) mass is 462 g/mol. The molecule has 0 radical (unpaired) electrons. The van der Waals surface area contributed by atoms with E-state index in [0.29, 0.717) is 0 Å². The summed E-state index contributed by atoms with van der Waals surface area (Å²) in [6.07, 6.45) is -1.04. The maximum absolute atomic E-state index is 12.5. The fourth-order valence-corrected chi connectivity index (χ4v) is 5.72. The predicted molar refractivity (Wildman–Crippen MR) is 126 cm³/mol. The molecule has 1 saturated heterocycles. The van der Waals surface area contributed by atoms with Gasteiger partial charge in [-0.05, 0) is 57.4 Å². The largest absolute Gasteiger partial charge is 0.444 e. The molecule has 0 aliphatic carbocycles. The van der Waals surface area contributed by atoms with E-state index in [1.54, 1.807) is 20.8 Å². The summed E-state index contributed by atoms with van der Waals surface area (Å²) in [5.41, 5.74) is 0.0611. The first kappa shape index (κ1) is 24.5. The minimum atomic E-state index is -3.48. The molecule has 0 bridgehead atoms. The zero-order valence-corrected chi connectivity index (χ0v) is 20.3. The SMILES string of the molecule is CC(C)(Cc1ccc2ccccc2c1)NCC(O)C1CS(=O)(=O)CN1C(=O)OC(C)(C)C. The van der Waals surface area contributed by atoms with Gasteiger partial charge < -0.3 is 15.2 Å². The van der Waals surface area contributed by atoms with Gasteiger partial charge in [-0.25, -0.2) is 13.2 Å². The molecule has 2 unspecified atom stereocenters. The third-order valence-electron chi connectivity index (χ3n) is 5.48. The van der Waals surface area contributed by atoms with E-state index < -0.39 is 39.6 Å². The normalized spacial score (nSPS) is 19.8. The topological polar surface area (TPSA) is 95.9 Å². The lowest BCUT2D eigenvalue weighted by molar-refractivity contribution is 0.00647. The third-order valence-corrected chi connectivity index (χ3v) is 7.00. The summed E-state index contributed by atoms with van der Waals surface area (Å²) in [6, 6.07) is 13.7. The Hall–Kier alpha value is -2.16. The number of rotatable bonds is 6. The van der Waals surface area contributed by atoms with Crippen molar-refractivity contribution >= 4 is 26.7 Å². The zero-order valence-electron chi connectivity index (χ0n) is 19.5. The number of carbonyl (C=O) groups is 1. The van der Waals surface area contributed by atoms with Gasteiger partial charge >= 0.3 is 6.09 Å². The number of nitrogens with zero attached hydrogens (tertiary/aromatic N) is 1. The summed E-state index contributed by atoms with van der Waals surface area (Å²) >= 11 is 0. The number of ether oxygens (including phenoxy) is 1. The van der Waals surface area contributed by atoms with Crippen LogP contribution < -0.4 is 5.32 Å². The second-order valence-electron chi connectivity index (χ2n) is 10.2. The van der Waals surface area contributed by atoms with Crippen molar-refractivity contribution in [3.05, 3.63) is 48.0 Å². The van der Waals surface area contributed by atoms with Gasteiger partial charge in [-0.2, -0.15) is 0 Å². The van der Waals surface area contributed by atoms with Crippen LogP contribution in [0.2, 0.25) is 0 Å². The molecule has 1 heterocycles. The first-order chi connectivity index (χ1) is 14.7. The fraction of sp³-hybridized carbons (Fsp3) is 0.542. The lowest BCUT2D eigenvalue weighted by Crippen LogP contribution is -2.52. The Bertz CT molecular complexity index is 1080. The second-order valence-corrected chi connectivity index (χ2v) is 12.3. The molecule has 2 aromatic carbocycles. The van der Waals surface area contributed by atoms with E-state index in [2.05, 4.69) is 35.6 Å². The van der Waals surface area contributed by atoms with Crippen LogP contribution in [0, 0.1) is 0 Å². The van der Waals surface area contributed by atoms with Crippen LogP contribution in [0.25, 0.3) is 10.8 Å². The third kappa shape index (κ3) is 6.43. The number of β-amino-alcohol motifs (C(OH)–C–C–N with tert-alkyl or cyclic N) is 1. The van der Waals surface area contributed by atoms with Crippen molar-refractivity contribution in [2.24, 2.45) is 0 Å². The van der Waals surface area contributed by atoms with Gasteiger partial charge in [-0.3, -0.25) is 4.90 Å². The van der Waals surface area contributed by atoms with Gasteiger partial charge in [0.15, 0.2) is 9.84 Å². The highest BCUT2D eigenvalue weighted by molar-refractivity contribution is 7.91. The van der Waals surface area contributed by atoms with E-state index in [1.807, 2.05) is 26.0 Å². The second kappa shape index (κ2) is 9.00. The average Bonchev–Trinajstić information content (AvgIpc) is 3.00. The molecule has 1 aliphatic heterocycles. The molecular formula is C24H34N2O5S. The number of aliphatic hydroxyl groups excluding tert-OH is 1. The Morgan fingerprint density at radius 2 is 1.81 bits per heavy atom.